The number of aromatic amines is 1. The third kappa shape index (κ3) is 1.71. The Labute approximate surface area is 84.6 Å². The third-order valence-electron chi connectivity index (χ3n) is 1.93. The normalized spacial score (nSPS) is 10.2. The number of halogens is 1. The molecule has 0 spiro atoms. The fourth-order valence-corrected chi connectivity index (χ4v) is 1.26. The van der Waals surface area contributed by atoms with E-state index in [1.807, 2.05) is 0 Å². The van der Waals surface area contributed by atoms with Crippen LogP contribution < -0.4 is 11.3 Å². The number of benzene rings is 1. The fraction of sp³-hybridized carbons (Fsp3) is 0. The predicted molar refractivity (Wildman–Crippen MR) is 54.7 cm³/mol. The van der Waals surface area contributed by atoms with E-state index in [1.165, 1.54) is 0 Å². The van der Waals surface area contributed by atoms with Crippen LogP contribution in [0.4, 0.5) is 10.3 Å². The molecule has 1 aromatic heterocycles. The average molecular weight is 205 g/mol. The second-order valence-corrected chi connectivity index (χ2v) is 2.98. The lowest BCUT2D eigenvalue weighted by atomic mass is 10.1. The predicted octanol–water partition coefficient (Wildman–Crippen LogP) is 1.16. The molecule has 0 aliphatic heterocycles. The molecule has 0 fully saturated rings. The zero-order valence-corrected chi connectivity index (χ0v) is 7.70. The standard InChI is InChI=1S/C10H8FN3O/c11-7-8(6-4-2-1-3-5-6)13-10(12)14-9(7)15/h1-5H,(H3,12,13,14,15). The Morgan fingerprint density at radius 3 is 2.60 bits per heavy atom. The van der Waals surface area contributed by atoms with E-state index in [2.05, 4.69) is 9.97 Å². The minimum absolute atomic E-state index is 0.0307. The molecule has 2 aromatic rings. The summed E-state index contributed by atoms with van der Waals surface area (Å²) in [6.45, 7) is 0. The van der Waals surface area contributed by atoms with Gasteiger partial charge in [0.25, 0.3) is 5.56 Å². The minimum atomic E-state index is -0.921. The van der Waals surface area contributed by atoms with Crippen LogP contribution >= 0.6 is 0 Å². The van der Waals surface area contributed by atoms with Crippen LogP contribution in [0.2, 0.25) is 0 Å². The number of H-pyrrole nitrogens is 1. The van der Waals surface area contributed by atoms with Crippen molar-refractivity contribution in [1.82, 2.24) is 9.97 Å². The fourth-order valence-electron chi connectivity index (χ4n) is 1.26. The molecule has 4 nitrogen and oxygen atoms in total. The van der Waals surface area contributed by atoms with Gasteiger partial charge in [-0.15, -0.1) is 0 Å². The first-order chi connectivity index (χ1) is 7.18. The summed E-state index contributed by atoms with van der Waals surface area (Å²) in [5.41, 5.74) is 4.96. The number of hydrogen-bond donors (Lipinski definition) is 2. The van der Waals surface area contributed by atoms with E-state index in [0.717, 1.165) is 0 Å². The van der Waals surface area contributed by atoms with Crippen LogP contribution in [0.3, 0.4) is 0 Å². The van der Waals surface area contributed by atoms with E-state index < -0.39 is 11.4 Å². The first-order valence-electron chi connectivity index (χ1n) is 4.29. The number of nitrogens with zero attached hydrogens (tertiary/aromatic N) is 1. The average Bonchev–Trinajstić information content (AvgIpc) is 2.24. The zero-order valence-electron chi connectivity index (χ0n) is 7.70. The number of rotatable bonds is 1. The van der Waals surface area contributed by atoms with Crippen molar-refractivity contribution in [2.75, 3.05) is 5.73 Å². The summed E-state index contributed by atoms with van der Waals surface area (Å²) in [4.78, 5) is 16.9. The third-order valence-corrected chi connectivity index (χ3v) is 1.93. The highest BCUT2D eigenvalue weighted by Crippen LogP contribution is 2.17. The monoisotopic (exact) mass is 205 g/mol. The lowest BCUT2D eigenvalue weighted by Crippen LogP contribution is -2.16. The van der Waals surface area contributed by atoms with Gasteiger partial charge in [-0.3, -0.25) is 9.78 Å². The highest BCUT2D eigenvalue weighted by Gasteiger charge is 2.11. The van der Waals surface area contributed by atoms with Crippen molar-refractivity contribution in [3.05, 3.63) is 46.5 Å². The molecule has 0 atom stereocenters. The van der Waals surface area contributed by atoms with Gasteiger partial charge in [-0.25, -0.2) is 4.98 Å². The van der Waals surface area contributed by atoms with Gasteiger partial charge in [0.05, 0.1) is 0 Å². The van der Waals surface area contributed by atoms with Crippen LogP contribution in [0, 0.1) is 5.82 Å². The molecule has 0 unspecified atom stereocenters. The van der Waals surface area contributed by atoms with Crippen LogP contribution in [0.15, 0.2) is 35.1 Å². The van der Waals surface area contributed by atoms with Crippen molar-refractivity contribution >= 4 is 5.95 Å². The molecular weight excluding hydrogens is 197 g/mol. The molecule has 0 saturated carbocycles. The van der Waals surface area contributed by atoms with Gasteiger partial charge in [-0.2, -0.15) is 4.39 Å². The van der Waals surface area contributed by atoms with Crippen molar-refractivity contribution in [2.45, 2.75) is 0 Å². The summed E-state index contributed by atoms with van der Waals surface area (Å²) in [6.07, 6.45) is 0. The highest BCUT2D eigenvalue weighted by molar-refractivity contribution is 5.60. The van der Waals surface area contributed by atoms with Crippen LogP contribution in [0.5, 0.6) is 0 Å². The maximum absolute atomic E-state index is 13.4. The van der Waals surface area contributed by atoms with Crippen molar-refractivity contribution in [2.24, 2.45) is 0 Å². The molecular formula is C10H8FN3O. The van der Waals surface area contributed by atoms with Crippen molar-refractivity contribution in [3.8, 4) is 11.3 Å². The van der Waals surface area contributed by atoms with Crippen molar-refractivity contribution < 1.29 is 4.39 Å². The number of nitrogens with two attached hydrogens (primary N) is 1. The molecule has 0 amide bonds. The summed E-state index contributed by atoms with van der Waals surface area (Å²) in [5, 5.41) is 0. The van der Waals surface area contributed by atoms with Crippen molar-refractivity contribution in [1.29, 1.82) is 0 Å². The van der Waals surface area contributed by atoms with E-state index in [1.54, 1.807) is 30.3 Å². The summed E-state index contributed by atoms with van der Waals surface area (Å²) in [6, 6.07) is 8.56. The number of aromatic nitrogens is 2. The van der Waals surface area contributed by atoms with Crippen molar-refractivity contribution in [3.63, 3.8) is 0 Å². The van der Waals surface area contributed by atoms with E-state index in [0.29, 0.717) is 5.56 Å². The number of hydrogen-bond acceptors (Lipinski definition) is 3. The Bertz CT molecular complexity index is 536. The van der Waals surface area contributed by atoms with Crippen LogP contribution in [0.1, 0.15) is 0 Å². The molecule has 15 heavy (non-hydrogen) atoms. The van der Waals surface area contributed by atoms with Gasteiger partial charge in [0.1, 0.15) is 5.69 Å². The van der Waals surface area contributed by atoms with Gasteiger partial charge in [-0.05, 0) is 0 Å². The van der Waals surface area contributed by atoms with Crippen LogP contribution in [-0.2, 0) is 0 Å². The Balaban J connectivity index is 2.68. The van der Waals surface area contributed by atoms with E-state index in [9.17, 15) is 9.18 Å². The molecule has 2 rings (SSSR count). The molecule has 0 radical (unpaired) electrons. The topological polar surface area (TPSA) is 71.8 Å². The van der Waals surface area contributed by atoms with E-state index >= 15 is 0 Å². The molecule has 76 valence electrons. The summed E-state index contributed by atoms with van der Waals surface area (Å²) in [7, 11) is 0. The highest BCUT2D eigenvalue weighted by atomic mass is 19.1. The number of nitrogens with one attached hydrogen (secondary N) is 1. The largest absolute Gasteiger partial charge is 0.369 e. The molecule has 3 N–H and O–H groups in total. The SMILES string of the molecule is Nc1nc(-c2ccccc2)c(F)c(=O)[nH]1. The lowest BCUT2D eigenvalue weighted by Gasteiger charge is -2.02. The van der Waals surface area contributed by atoms with E-state index in [-0.39, 0.29) is 11.6 Å². The second kappa shape index (κ2) is 3.53. The zero-order chi connectivity index (χ0) is 10.8. The molecule has 0 bridgehead atoms. The van der Waals surface area contributed by atoms with Gasteiger partial charge >= 0.3 is 0 Å². The Morgan fingerprint density at radius 1 is 1.27 bits per heavy atom. The molecule has 0 aliphatic carbocycles. The maximum Gasteiger partial charge on any atom is 0.289 e. The smallest absolute Gasteiger partial charge is 0.289 e. The molecule has 0 saturated heterocycles. The maximum atomic E-state index is 13.4. The van der Waals surface area contributed by atoms with Crippen LogP contribution in [0.25, 0.3) is 11.3 Å². The Kier molecular flexibility index (Phi) is 2.21. The van der Waals surface area contributed by atoms with E-state index in [4.69, 9.17) is 5.73 Å². The molecule has 1 aromatic carbocycles. The van der Waals surface area contributed by atoms with Gasteiger partial charge in [0.2, 0.25) is 11.8 Å². The van der Waals surface area contributed by atoms with Crippen LogP contribution in [-0.4, -0.2) is 9.97 Å². The number of nitrogen functional groups attached to an aromatic ring is 1. The molecule has 1 heterocycles. The first-order valence-corrected chi connectivity index (χ1v) is 4.29. The molecule has 5 heteroatoms. The quantitative estimate of drug-likeness (QED) is 0.733. The van der Waals surface area contributed by atoms with Gasteiger partial charge in [-0.1, -0.05) is 30.3 Å². The van der Waals surface area contributed by atoms with Gasteiger partial charge in [0.15, 0.2) is 0 Å². The lowest BCUT2D eigenvalue weighted by molar-refractivity contribution is 0.606. The molecule has 0 aliphatic rings. The minimum Gasteiger partial charge on any atom is -0.369 e. The summed E-state index contributed by atoms with van der Waals surface area (Å²) in [5.74, 6) is -1.02. The van der Waals surface area contributed by atoms with Gasteiger partial charge < -0.3 is 5.73 Å². The van der Waals surface area contributed by atoms with Gasteiger partial charge in [0, 0.05) is 5.56 Å². The summed E-state index contributed by atoms with van der Waals surface area (Å²) >= 11 is 0. The number of anilines is 1. The second-order valence-electron chi connectivity index (χ2n) is 2.98. The Morgan fingerprint density at radius 2 is 1.93 bits per heavy atom. The Hall–Kier alpha value is -2.17. The first kappa shape index (κ1) is 9.39. The summed E-state index contributed by atoms with van der Waals surface area (Å²) < 4.78 is 13.4.